The molecule has 0 saturated carbocycles. The first-order chi connectivity index (χ1) is 8.26. The van der Waals surface area contributed by atoms with Crippen LogP contribution in [0, 0.1) is 0 Å². The normalized spacial score (nSPS) is 9.35. The Morgan fingerprint density at radius 2 is 1.88 bits per heavy atom. The summed E-state index contributed by atoms with van der Waals surface area (Å²) in [6, 6.07) is 3.46. The van der Waals surface area contributed by atoms with Crippen LogP contribution >= 0.6 is 0 Å². The average molecular weight is 237 g/mol. The minimum Gasteiger partial charge on any atom is -0.496 e. The standard InChI is InChI=1S/C12H15NO4/c1-4-17-12-5-9(7-13-8-14)10(15-2)6-11(12)16-3/h5-6H,4,7H2,1-3H3. The van der Waals surface area contributed by atoms with Crippen molar-refractivity contribution in [1.29, 1.82) is 0 Å². The minimum absolute atomic E-state index is 0.205. The summed E-state index contributed by atoms with van der Waals surface area (Å²) in [5.41, 5.74) is 0.750. The number of nitrogens with zero attached hydrogens (tertiary/aromatic N) is 1. The maximum Gasteiger partial charge on any atom is 0.235 e. The summed E-state index contributed by atoms with van der Waals surface area (Å²) in [5, 5.41) is 0. The molecule has 0 heterocycles. The van der Waals surface area contributed by atoms with Gasteiger partial charge in [0.2, 0.25) is 6.08 Å². The lowest BCUT2D eigenvalue weighted by Gasteiger charge is -2.13. The maximum absolute atomic E-state index is 10.1. The maximum atomic E-state index is 10.1. The van der Waals surface area contributed by atoms with Gasteiger partial charge in [0.05, 0.1) is 27.4 Å². The Morgan fingerprint density at radius 1 is 1.18 bits per heavy atom. The fourth-order valence-electron chi connectivity index (χ4n) is 1.44. The van der Waals surface area contributed by atoms with Crippen molar-refractivity contribution < 1.29 is 19.0 Å². The van der Waals surface area contributed by atoms with Crippen molar-refractivity contribution >= 4 is 6.08 Å². The van der Waals surface area contributed by atoms with Crippen molar-refractivity contribution in [3.05, 3.63) is 17.7 Å². The second-order valence-electron chi connectivity index (χ2n) is 3.16. The van der Waals surface area contributed by atoms with Gasteiger partial charge in [-0.1, -0.05) is 0 Å². The number of carbonyl (C=O) groups excluding carboxylic acids is 1. The Balaban J connectivity index is 3.17. The fourth-order valence-corrected chi connectivity index (χ4v) is 1.44. The van der Waals surface area contributed by atoms with Crippen LogP contribution in [0.5, 0.6) is 17.2 Å². The van der Waals surface area contributed by atoms with E-state index < -0.39 is 0 Å². The monoisotopic (exact) mass is 237 g/mol. The van der Waals surface area contributed by atoms with Crippen LogP contribution in [0.2, 0.25) is 0 Å². The zero-order chi connectivity index (χ0) is 12.7. The molecule has 5 nitrogen and oxygen atoms in total. The average Bonchev–Trinajstić information content (AvgIpc) is 2.36. The van der Waals surface area contributed by atoms with Crippen LogP contribution in [0.3, 0.4) is 0 Å². The van der Waals surface area contributed by atoms with Gasteiger partial charge in [-0.3, -0.25) is 0 Å². The molecule has 0 spiro atoms. The fraction of sp³-hybridized carbons (Fsp3) is 0.417. The highest BCUT2D eigenvalue weighted by atomic mass is 16.5. The molecular formula is C12H15NO4. The predicted molar refractivity (Wildman–Crippen MR) is 62.5 cm³/mol. The third-order valence-electron chi connectivity index (χ3n) is 2.18. The van der Waals surface area contributed by atoms with Gasteiger partial charge in [-0.2, -0.15) is 0 Å². The van der Waals surface area contributed by atoms with E-state index in [0.717, 1.165) is 5.56 Å². The highest BCUT2D eigenvalue weighted by molar-refractivity contribution is 5.51. The minimum atomic E-state index is 0.205. The van der Waals surface area contributed by atoms with Gasteiger partial charge in [-0.05, 0) is 13.0 Å². The second-order valence-corrected chi connectivity index (χ2v) is 3.16. The SMILES string of the molecule is CCOc1cc(CN=C=O)c(OC)cc1OC. The molecule has 0 aromatic heterocycles. The van der Waals surface area contributed by atoms with E-state index in [1.54, 1.807) is 26.4 Å². The van der Waals surface area contributed by atoms with Gasteiger partial charge in [-0.25, -0.2) is 9.79 Å². The van der Waals surface area contributed by atoms with Crippen LogP contribution in [0.4, 0.5) is 0 Å². The van der Waals surface area contributed by atoms with Crippen LogP contribution in [0.1, 0.15) is 12.5 Å². The molecule has 0 unspecified atom stereocenters. The number of ether oxygens (including phenoxy) is 3. The van der Waals surface area contributed by atoms with E-state index in [1.807, 2.05) is 6.92 Å². The number of hydrogen-bond acceptors (Lipinski definition) is 5. The lowest BCUT2D eigenvalue weighted by molar-refractivity contribution is 0.308. The number of methoxy groups -OCH3 is 2. The Bertz CT molecular complexity index is 425. The summed E-state index contributed by atoms with van der Waals surface area (Å²) in [4.78, 5) is 13.6. The molecular weight excluding hydrogens is 222 g/mol. The van der Waals surface area contributed by atoms with Crippen LogP contribution in [0.25, 0.3) is 0 Å². The van der Waals surface area contributed by atoms with Crippen LogP contribution in [0.15, 0.2) is 17.1 Å². The Morgan fingerprint density at radius 3 is 2.41 bits per heavy atom. The Labute approximate surface area is 100 Å². The lowest BCUT2D eigenvalue weighted by Crippen LogP contribution is -1.99. The smallest absolute Gasteiger partial charge is 0.235 e. The summed E-state index contributed by atoms with van der Waals surface area (Å²) >= 11 is 0. The summed E-state index contributed by atoms with van der Waals surface area (Å²) in [6.07, 6.45) is 1.49. The summed E-state index contributed by atoms with van der Waals surface area (Å²) in [6.45, 7) is 2.61. The largest absolute Gasteiger partial charge is 0.496 e. The molecule has 0 aliphatic carbocycles. The Hall–Kier alpha value is -2.00. The lowest BCUT2D eigenvalue weighted by atomic mass is 10.1. The van der Waals surface area contributed by atoms with E-state index in [1.165, 1.54) is 6.08 Å². The molecule has 1 aromatic carbocycles. The van der Waals surface area contributed by atoms with Crippen molar-refractivity contribution in [3.63, 3.8) is 0 Å². The molecule has 1 aromatic rings. The third-order valence-corrected chi connectivity index (χ3v) is 2.18. The van der Waals surface area contributed by atoms with E-state index >= 15 is 0 Å². The van der Waals surface area contributed by atoms with Gasteiger partial charge in [-0.15, -0.1) is 0 Å². The molecule has 0 fully saturated rings. The summed E-state index contributed by atoms with van der Waals surface area (Å²) in [5.74, 6) is 1.79. The van der Waals surface area contributed by atoms with Gasteiger partial charge in [0.1, 0.15) is 5.75 Å². The quantitative estimate of drug-likeness (QED) is 0.560. The van der Waals surface area contributed by atoms with Gasteiger partial charge in [0.15, 0.2) is 11.5 Å². The van der Waals surface area contributed by atoms with Crippen molar-refractivity contribution in [1.82, 2.24) is 0 Å². The highest BCUT2D eigenvalue weighted by Crippen LogP contribution is 2.35. The van der Waals surface area contributed by atoms with Crippen LogP contribution < -0.4 is 14.2 Å². The van der Waals surface area contributed by atoms with Crippen molar-refractivity contribution in [3.8, 4) is 17.2 Å². The van der Waals surface area contributed by atoms with E-state index in [-0.39, 0.29) is 6.54 Å². The molecule has 0 bridgehead atoms. The molecule has 1 rings (SSSR count). The van der Waals surface area contributed by atoms with Crippen molar-refractivity contribution in [2.24, 2.45) is 4.99 Å². The van der Waals surface area contributed by atoms with E-state index in [9.17, 15) is 4.79 Å². The van der Waals surface area contributed by atoms with Crippen LogP contribution in [-0.4, -0.2) is 26.9 Å². The number of benzene rings is 1. The molecule has 5 heteroatoms. The molecule has 0 saturated heterocycles. The molecule has 17 heavy (non-hydrogen) atoms. The number of hydrogen-bond donors (Lipinski definition) is 0. The third kappa shape index (κ3) is 3.23. The summed E-state index contributed by atoms with van der Waals surface area (Å²) in [7, 11) is 3.10. The highest BCUT2D eigenvalue weighted by Gasteiger charge is 2.11. The number of aliphatic imine (C=N–C) groups is 1. The summed E-state index contributed by atoms with van der Waals surface area (Å²) < 4.78 is 15.8. The first-order valence-electron chi connectivity index (χ1n) is 5.18. The Kier molecular flexibility index (Phi) is 5.04. The second kappa shape index (κ2) is 6.55. The van der Waals surface area contributed by atoms with Gasteiger partial charge < -0.3 is 14.2 Å². The van der Waals surface area contributed by atoms with E-state index in [2.05, 4.69) is 4.99 Å². The molecule has 0 atom stereocenters. The molecule has 0 amide bonds. The first-order valence-corrected chi connectivity index (χ1v) is 5.18. The number of isocyanates is 1. The molecule has 0 aliphatic rings. The predicted octanol–water partition coefficient (Wildman–Crippen LogP) is 1.94. The molecule has 0 N–H and O–H groups in total. The van der Waals surface area contributed by atoms with E-state index in [0.29, 0.717) is 23.9 Å². The van der Waals surface area contributed by atoms with Gasteiger partial charge in [0.25, 0.3) is 0 Å². The zero-order valence-corrected chi connectivity index (χ0v) is 10.1. The number of rotatable bonds is 6. The van der Waals surface area contributed by atoms with Crippen molar-refractivity contribution in [2.75, 3.05) is 20.8 Å². The molecule has 0 aliphatic heterocycles. The topological polar surface area (TPSA) is 57.1 Å². The van der Waals surface area contributed by atoms with Gasteiger partial charge in [0, 0.05) is 11.6 Å². The van der Waals surface area contributed by atoms with E-state index in [4.69, 9.17) is 14.2 Å². The molecule has 92 valence electrons. The zero-order valence-electron chi connectivity index (χ0n) is 10.1. The van der Waals surface area contributed by atoms with Crippen molar-refractivity contribution in [2.45, 2.75) is 13.5 Å². The first kappa shape index (κ1) is 13.1. The van der Waals surface area contributed by atoms with Crippen LogP contribution in [-0.2, 0) is 11.3 Å². The van der Waals surface area contributed by atoms with Gasteiger partial charge >= 0.3 is 0 Å². The molecule has 0 radical (unpaired) electrons.